The van der Waals surface area contributed by atoms with E-state index < -0.39 is 6.10 Å². The van der Waals surface area contributed by atoms with Crippen LogP contribution in [0, 0.1) is 5.82 Å². The van der Waals surface area contributed by atoms with E-state index in [0.29, 0.717) is 6.42 Å². The highest BCUT2D eigenvalue weighted by Gasteiger charge is 2.09. The van der Waals surface area contributed by atoms with Crippen LogP contribution in [0.3, 0.4) is 0 Å². The number of halogens is 3. The van der Waals surface area contributed by atoms with Gasteiger partial charge in [0.1, 0.15) is 12.4 Å². The third-order valence-electron chi connectivity index (χ3n) is 4.22. The third kappa shape index (κ3) is 5.53. The van der Waals surface area contributed by atoms with Crippen molar-refractivity contribution in [3.8, 4) is 11.1 Å². The molecule has 2 nitrogen and oxygen atoms in total. The number of hydrogen-bond acceptors (Lipinski definition) is 1. The van der Waals surface area contributed by atoms with Crippen LogP contribution in [0.25, 0.3) is 11.1 Å². The van der Waals surface area contributed by atoms with Gasteiger partial charge in [0.05, 0.1) is 6.10 Å². The lowest BCUT2D eigenvalue weighted by Crippen LogP contribution is -3.00. The van der Waals surface area contributed by atoms with Crippen LogP contribution in [0.1, 0.15) is 24.5 Å². The molecule has 1 atom stereocenters. The van der Waals surface area contributed by atoms with Crippen molar-refractivity contribution in [2.45, 2.75) is 25.5 Å². The Labute approximate surface area is 164 Å². The molecule has 5 heteroatoms. The summed E-state index contributed by atoms with van der Waals surface area (Å²) in [5.74, 6) is -0.285. The molecule has 0 radical (unpaired) electrons. The van der Waals surface area contributed by atoms with E-state index in [1.807, 2.05) is 36.7 Å². The standard InChI is InChI=1S/C21H20ClFNO.ClH/c22-19-7-3-16(4-8-19)17-11-14-24(15-12-17)13-1-2-21(25)18-5-9-20(23)10-6-18;/h3-12,14-15,21,25H,1-2,13H2;1H/q+1;/p-1/t21-;/m0./s1. The molecule has 136 valence electrons. The van der Waals surface area contributed by atoms with Gasteiger partial charge in [-0.3, -0.25) is 0 Å². The predicted molar refractivity (Wildman–Crippen MR) is 97.7 cm³/mol. The van der Waals surface area contributed by atoms with Gasteiger partial charge in [-0.25, -0.2) is 8.96 Å². The van der Waals surface area contributed by atoms with Crippen molar-refractivity contribution in [1.82, 2.24) is 0 Å². The molecule has 0 unspecified atom stereocenters. The van der Waals surface area contributed by atoms with Gasteiger partial charge in [0.15, 0.2) is 12.4 Å². The highest BCUT2D eigenvalue weighted by Crippen LogP contribution is 2.21. The van der Waals surface area contributed by atoms with E-state index in [9.17, 15) is 9.50 Å². The minimum absolute atomic E-state index is 0. The van der Waals surface area contributed by atoms with Gasteiger partial charge in [0.25, 0.3) is 0 Å². The van der Waals surface area contributed by atoms with Gasteiger partial charge in [-0.05, 0) is 47.4 Å². The first-order chi connectivity index (χ1) is 12.1. The number of aryl methyl sites for hydroxylation is 1. The molecule has 0 fully saturated rings. The van der Waals surface area contributed by atoms with Crippen molar-refractivity contribution in [3.63, 3.8) is 0 Å². The average molecular weight is 392 g/mol. The molecule has 0 aliphatic heterocycles. The number of aliphatic hydroxyl groups is 1. The maximum Gasteiger partial charge on any atom is 0.169 e. The fourth-order valence-electron chi connectivity index (χ4n) is 2.76. The molecular formula is C21H20Cl2FNO. The van der Waals surface area contributed by atoms with Gasteiger partial charge in [0, 0.05) is 23.6 Å². The minimum Gasteiger partial charge on any atom is -1.00 e. The number of hydrogen-bond donors (Lipinski definition) is 1. The largest absolute Gasteiger partial charge is 1.00 e. The predicted octanol–water partition coefficient (Wildman–Crippen LogP) is 1.95. The second kappa shape index (κ2) is 9.67. The first-order valence-electron chi connectivity index (χ1n) is 8.30. The Hall–Kier alpha value is -1.94. The van der Waals surface area contributed by atoms with Crippen LogP contribution < -0.4 is 17.0 Å². The molecular weight excluding hydrogens is 372 g/mol. The van der Waals surface area contributed by atoms with Gasteiger partial charge in [-0.15, -0.1) is 0 Å². The molecule has 1 N–H and O–H groups in total. The molecule has 0 spiro atoms. The number of nitrogens with zero attached hydrogens (tertiary/aromatic N) is 1. The van der Waals surface area contributed by atoms with E-state index >= 15 is 0 Å². The van der Waals surface area contributed by atoms with Gasteiger partial charge in [0.2, 0.25) is 0 Å². The summed E-state index contributed by atoms with van der Waals surface area (Å²) < 4.78 is 15.0. The van der Waals surface area contributed by atoms with Crippen LogP contribution in [0.15, 0.2) is 73.1 Å². The van der Waals surface area contributed by atoms with E-state index in [2.05, 4.69) is 16.7 Å². The maximum atomic E-state index is 12.9. The number of pyridine rings is 1. The summed E-state index contributed by atoms with van der Waals surface area (Å²) >= 11 is 5.92. The Morgan fingerprint density at radius 2 is 1.46 bits per heavy atom. The zero-order valence-electron chi connectivity index (χ0n) is 14.2. The Bertz CT molecular complexity index is 805. The lowest BCUT2D eigenvalue weighted by molar-refractivity contribution is -0.697. The second-order valence-electron chi connectivity index (χ2n) is 6.04. The van der Waals surface area contributed by atoms with Crippen molar-refractivity contribution in [1.29, 1.82) is 0 Å². The zero-order valence-corrected chi connectivity index (χ0v) is 15.7. The molecule has 3 rings (SSSR count). The number of benzene rings is 2. The minimum atomic E-state index is -0.561. The molecule has 0 saturated carbocycles. The summed E-state index contributed by atoms with van der Waals surface area (Å²) in [5, 5.41) is 10.9. The zero-order chi connectivity index (χ0) is 17.6. The monoisotopic (exact) mass is 391 g/mol. The van der Waals surface area contributed by atoms with E-state index in [4.69, 9.17) is 11.6 Å². The smallest absolute Gasteiger partial charge is 0.169 e. The fourth-order valence-corrected chi connectivity index (χ4v) is 2.89. The van der Waals surface area contributed by atoms with Crippen LogP contribution >= 0.6 is 11.6 Å². The summed E-state index contributed by atoms with van der Waals surface area (Å²) in [4.78, 5) is 0. The summed E-state index contributed by atoms with van der Waals surface area (Å²) in [6, 6.07) is 17.9. The van der Waals surface area contributed by atoms with Gasteiger partial charge in [-0.2, -0.15) is 0 Å². The van der Waals surface area contributed by atoms with E-state index in [1.54, 1.807) is 12.1 Å². The lowest BCUT2D eigenvalue weighted by atomic mass is 10.0. The van der Waals surface area contributed by atoms with Gasteiger partial charge >= 0.3 is 0 Å². The van der Waals surface area contributed by atoms with Gasteiger partial charge < -0.3 is 17.5 Å². The van der Waals surface area contributed by atoms with Gasteiger partial charge in [-0.1, -0.05) is 35.9 Å². The van der Waals surface area contributed by atoms with Crippen molar-refractivity contribution in [3.05, 3.63) is 89.5 Å². The molecule has 1 heterocycles. The average Bonchev–Trinajstić information content (AvgIpc) is 2.63. The van der Waals surface area contributed by atoms with Crippen molar-refractivity contribution >= 4 is 11.6 Å². The maximum absolute atomic E-state index is 12.9. The molecule has 2 aromatic carbocycles. The van der Waals surface area contributed by atoms with E-state index in [0.717, 1.165) is 34.7 Å². The highest BCUT2D eigenvalue weighted by atomic mass is 35.5. The Balaban J connectivity index is 0.00000243. The van der Waals surface area contributed by atoms with Crippen LogP contribution in [0.4, 0.5) is 4.39 Å². The molecule has 0 amide bonds. The molecule has 1 aromatic heterocycles. The SMILES string of the molecule is O[C@@H](CCC[n+]1ccc(-c2ccc(Cl)cc2)cc1)c1ccc(F)cc1.[Cl-]. The van der Waals surface area contributed by atoms with Crippen molar-refractivity contribution in [2.75, 3.05) is 0 Å². The number of aromatic nitrogens is 1. The fraction of sp³-hybridized carbons (Fsp3) is 0.190. The Kier molecular flexibility index (Phi) is 7.58. The van der Waals surface area contributed by atoms with Crippen molar-refractivity contribution < 1.29 is 26.5 Å². The first kappa shape index (κ1) is 20.4. The second-order valence-corrected chi connectivity index (χ2v) is 6.48. The molecule has 0 aliphatic rings. The van der Waals surface area contributed by atoms with Crippen LogP contribution in [-0.2, 0) is 6.54 Å². The normalized spacial score (nSPS) is 11.7. The van der Waals surface area contributed by atoms with Crippen LogP contribution in [-0.4, -0.2) is 5.11 Å². The summed E-state index contributed by atoms with van der Waals surface area (Å²) in [7, 11) is 0. The summed E-state index contributed by atoms with van der Waals surface area (Å²) in [5.41, 5.74) is 3.02. The molecule has 0 aliphatic carbocycles. The Morgan fingerprint density at radius 3 is 2.08 bits per heavy atom. The third-order valence-corrected chi connectivity index (χ3v) is 4.47. The quantitative estimate of drug-likeness (QED) is 0.638. The topological polar surface area (TPSA) is 24.1 Å². The highest BCUT2D eigenvalue weighted by molar-refractivity contribution is 6.30. The molecule has 3 aromatic rings. The molecule has 0 bridgehead atoms. The lowest BCUT2D eigenvalue weighted by Gasteiger charge is -2.09. The van der Waals surface area contributed by atoms with E-state index in [1.165, 1.54) is 12.1 Å². The van der Waals surface area contributed by atoms with Crippen LogP contribution in [0.5, 0.6) is 0 Å². The summed E-state index contributed by atoms with van der Waals surface area (Å²) in [6.07, 6.45) is 4.98. The number of rotatable bonds is 6. The number of aliphatic hydroxyl groups excluding tert-OH is 1. The van der Waals surface area contributed by atoms with E-state index in [-0.39, 0.29) is 18.2 Å². The Morgan fingerprint density at radius 1 is 0.885 bits per heavy atom. The molecule has 0 saturated heterocycles. The first-order valence-corrected chi connectivity index (χ1v) is 8.68. The molecule has 26 heavy (non-hydrogen) atoms. The van der Waals surface area contributed by atoms with Crippen LogP contribution in [0.2, 0.25) is 5.02 Å². The van der Waals surface area contributed by atoms with Crippen molar-refractivity contribution in [2.24, 2.45) is 0 Å². The summed E-state index contributed by atoms with van der Waals surface area (Å²) in [6.45, 7) is 0.819.